The van der Waals surface area contributed by atoms with Crippen molar-refractivity contribution in [3.63, 3.8) is 0 Å². The number of aliphatic carboxylic acids is 1. The molecule has 1 fully saturated rings. The monoisotopic (exact) mass is 293 g/mol. The zero-order valence-electron chi connectivity index (χ0n) is 11.9. The van der Waals surface area contributed by atoms with Gasteiger partial charge in [-0.15, -0.1) is 0 Å². The van der Waals surface area contributed by atoms with Crippen molar-refractivity contribution in [1.82, 2.24) is 4.90 Å². The van der Waals surface area contributed by atoms with Crippen molar-refractivity contribution in [2.24, 2.45) is 0 Å². The topological polar surface area (TPSA) is 76.1 Å². The van der Waals surface area contributed by atoms with Crippen LogP contribution in [0.2, 0.25) is 0 Å². The normalized spacial score (nSPS) is 17.6. The molecule has 21 heavy (non-hydrogen) atoms. The number of para-hydroxylation sites is 2. The van der Waals surface area contributed by atoms with E-state index in [0.29, 0.717) is 18.0 Å². The molecule has 6 heteroatoms. The van der Waals surface area contributed by atoms with E-state index in [9.17, 15) is 9.59 Å². The van der Waals surface area contributed by atoms with Gasteiger partial charge in [0.25, 0.3) is 5.91 Å². The number of amides is 1. The fourth-order valence-electron chi connectivity index (χ4n) is 2.54. The van der Waals surface area contributed by atoms with Crippen LogP contribution in [0.1, 0.15) is 19.3 Å². The maximum atomic E-state index is 12.2. The first-order valence-electron chi connectivity index (χ1n) is 6.89. The molecule has 1 amide bonds. The van der Waals surface area contributed by atoms with Crippen molar-refractivity contribution in [3.05, 3.63) is 24.3 Å². The van der Waals surface area contributed by atoms with Gasteiger partial charge < -0.3 is 19.5 Å². The summed E-state index contributed by atoms with van der Waals surface area (Å²) < 4.78 is 10.6. The maximum Gasteiger partial charge on any atom is 0.305 e. The smallest absolute Gasteiger partial charge is 0.305 e. The minimum atomic E-state index is -0.884. The molecule has 1 aliphatic heterocycles. The zero-order valence-corrected chi connectivity index (χ0v) is 11.9. The van der Waals surface area contributed by atoms with Gasteiger partial charge in [0, 0.05) is 12.6 Å². The number of methoxy groups -OCH3 is 1. The number of nitrogens with zero attached hydrogens (tertiary/aromatic N) is 1. The minimum Gasteiger partial charge on any atom is -0.493 e. The molecule has 1 unspecified atom stereocenters. The third-order valence-electron chi connectivity index (χ3n) is 3.53. The minimum absolute atomic E-state index is 0.0135. The van der Waals surface area contributed by atoms with Crippen LogP contribution in [0.3, 0.4) is 0 Å². The summed E-state index contributed by atoms with van der Waals surface area (Å²) in [5.41, 5.74) is 0. The van der Waals surface area contributed by atoms with Gasteiger partial charge in [-0.1, -0.05) is 12.1 Å². The number of hydrogen-bond donors (Lipinski definition) is 1. The van der Waals surface area contributed by atoms with Gasteiger partial charge in [-0.2, -0.15) is 0 Å². The molecule has 1 atom stereocenters. The largest absolute Gasteiger partial charge is 0.493 e. The van der Waals surface area contributed by atoms with E-state index in [1.807, 2.05) is 6.07 Å². The van der Waals surface area contributed by atoms with E-state index >= 15 is 0 Å². The molecule has 0 bridgehead atoms. The summed E-state index contributed by atoms with van der Waals surface area (Å²) in [6, 6.07) is 6.87. The predicted octanol–water partition coefficient (Wildman–Crippen LogP) is 1.54. The molecule has 1 aliphatic rings. The number of likely N-dealkylation sites (tertiary alicyclic amines) is 1. The highest BCUT2D eigenvalue weighted by Crippen LogP contribution is 2.26. The first-order valence-corrected chi connectivity index (χ1v) is 6.89. The third kappa shape index (κ3) is 3.87. The summed E-state index contributed by atoms with van der Waals surface area (Å²) in [7, 11) is 1.54. The number of carboxylic acids is 1. The van der Waals surface area contributed by atoms with Crippen molar-refractivity contribution in [3.8, 4) is 11.5 Å². The number of ether oxygens (including phenoxy) is 2. The summed E-state index contributed by atoms with van der Waals surface area (Å²) in [6.07, 6.45) is 1.55. The average molecular weight is 293 g/mol. The molecular weight excluding hydrogens is 274 g/mol. The van der Waals surface area contributed by atoms with E-state index in [-0.39, 0.29) is 25.0 Å². The van der Waals surface area contributed by atoms with E-state index in [0.717, 1.165) is 12.8 Å². The van der Waals surface area contributed by atoms with Crippen LogP contribution in [0.15, 0.2) is 24.3 Å². The van der Waals surface area contributed by atoms with Crippen molar-refractivity contribution >= 4 is 11.9 Å². The van der Waals surface area contributed by atoms with Crippen LogP contribution in [-0.4, -0.2) is 48.2 Å². The quantitative estimate of drug-likeness (QED) is 0.861. The van der Waals surface area contributed by atoms with Gasteiger partial charge in [0.1, 0.15) is 0 Å². The first kappa shape index (κ1) is 15.2. The Morgan fingerprint density at radius 3 is 2.71 bits per heavy atom. The Balaban J connectivity index is 1.93. The predicted molar refractivity (Wildman–Crippen MR) is 75.5 cm³/mol. The zero-order chi connectivity index (χ0) is 15.2. The number of hydrogen-bond acceptors (Lipinski definition) is 4. The lowest BCUT2D eigenvalue weighted by atomic mass is 10.1. The lowest BCUT2D eigenvalue weighted by Gasteiger charge is -2.23. The second-order valence-corrected chi connectivity index (χ2v) is 4.92. The Bertz CT molecular complexity index is 517. The maximum absolute atomic E-state index is 12.2. The third-order valence-corrected chi connectivity index (χ3v) is 3.53. The van der Waals surface area contributed by atoms with Gasteiger partial charge in [0.15, 0.2) is 18.1 Å². The Morgan fingerprint density at radius 1 is 1.33 bits per heavy atom. The number of carbonyl (C=O) groups is 2. The number of benzene rings is 1. The molecule has 0 radical (unpaired) electrons. The van der Waals surface area contributed by atoms with E-state index in [1.54, 1.807) is 23.1 Å². The van der Waals surface area contributed by atoms with E-state index in [1.165, 1.54) is 7.11 Å². The molecule has 1 N–H and O–H groups in total. The summed E-state index contributed by atoms with van der Waals surface area (Å²) in [5, 5.41) is 8.86. The standard InChI is InChI=1S/C15H19NO5/c1-20-12-6-2-3-7-13(12)21-10-14(17)16-8-4-5-11(16)9-15(18)19/h2-3,6-7,11H,4-5,8-10H2,1H3,(H,18,19). The van der Waals surface area contributed by atoms with E-state index in [2.05, 4.69) is 0 Å². The average Bonchev–Trinajstić information content (AvgIpc) is 2.92. The molecule has 0 saturated carbocycles. The molecule has 2 rings (SSSR count). The van der Waals surface area contributed by atoms with Gasteiger partial charge in [-0.25, -0.2) is 0 Å². The lowest BCUT2D eigenvalue weighted by molar-refractivity contribution is -0.140. The van der Waals surface area contributed by atoms with E-state index in [4.69, 9.17) is 14.6 Å². The van der Waals surface area contributed by atoms with Crippen LogP contribution in [0, 0.1) is 0 Å². The Kier molecular flexibility index (Phi) is 5.03. The highest BCUT2D eigenvalue weighted by Gasteiger charge is 2.30. The molecule has 6 nitrogen and oxygen atoms in total. The molecule has 114 valence electrons. The summed E-state index contributed by atoms with van der Waals surface area (Å²) >= 11 is 0. The fourth-order valence-corrected chi connectivity index (χ4v) is 2.54. The molecule has 0 aromatic heterocycles. The second-order valence-electron chi connectivity index (χ2n) is 4.92. The van der Waals surface area contributed by atoms with Crippen LogP contribution >= 0.6 is 0 Å². The molecule has 0 spiro atoms. The van der Waals surface area contributed by atoms with Gasteiger partial charge in [-0.05, 0) is 25.0 Å². The van der Waals surface area contributed by atoms with Crippen molar-refractivity contribution in [2.45, 2.75) is 25.3 Å². The SMILES string of the molecule is COc1ccccc1OCC(=O)N1CCCC1CC(=O)O. The molecular formula is C15H19NO5. The summed E-state index contributed by atoms with van der Waals surface area (Å²) in [5.74, 6) is -0.00820. The van der Waals surface area contributed by atoms with Crippen molar-refractivity contribution in [2.75, 3.05) is 20.3 Å². The molecule has 1 heterocycles. The van der Waals surface area contributed by atoms with Crippen LogP contribution < -0.4 is 9.47 Å². The van der Waals surface area contributed by atoms with Gasteiger partial charge in [0.2, 0.25) is 0 Å². The molecule has 1 aromatic rings. The van der Waals surface area contributed by atoms with Gasteiger partial charge >= 0.3 is 5.97 Å². The number of rotatable bonds is 6. The molecule has 1 saturated heterocycles. The molecule has 1 aromatic carbocycles. The van der Waals surface area contributed by atoms with Crippen LogP contribution in [0.4, 0.5) is 0 Å². The highest BCUT2D eigenvalue weighted by molar-refractivity contribution is 5.79. The fraction of sp³-hybridized carbons (Fsp3) is 0.467. The van der Waals surface area contributed by atoms with Gasteiger partial charge in [-0.3, -0.25) is 9.59 Å². The lowest BCUT2D eigenvalue weighted by Crippen LogP contribution is -2.39. The number of carbonyl (C=O) groups excluding carboxylic acids is 1. The summed E-state index contributed by atoms with van der Waals surface area (Å²) in [6.45, 7) is 0.475. The molecule has 0 aliphatic carbocycles. The second kappa shape index (κ2) is 6.97. The van der Waals surface area contributed by atoms with Crippen molar-refractivity contribution < 1.29 is 24.2 Å². The Morgan fingerprint density at radius 2 is 2.05 bits per heavy atom. The Labute approximate surface area is 123 Å². The van der Waals surface area contributed by atoms with Crippen LogP contribution in [-0.2, 0) is 9.59 Å². The van der Waals surface area contributed by atoms with Crippen LogP contribution in [0.25, 0.3) is 0 Å². The van der Waals surface area contributed by atoms with Gasteiger partial charge in [0.05, 0.1) is 13.5 Å². The summed E-state index contributed by atoms with van der Waals surface area (Å²) in [4.78, 5) is 24.6. The number of carboxylic acid groups (broad SMARTS) is 1. The van der Waals surface area contributed by atoms with E-state index < -0.39 is 5.97 Å². The van der Waals surface area contributed by atoms with Crippen molar-refractivity contribution in [1.29, 1.82) is 0 Å². The van der Waals surface area contributed by atoms with Crippen LogP contribution in [0.5, 0.6) is 11.5 Å². The first-order chi connectivity index (χ1) is 10.1. The Hall–Kier alpha value is -2.24. The highest BCUT2D eigenvalue weighted by atomic mass is 16.5.